The number of phenolic OH excluding ortho intramolecular Hbond substituents is 1. The van der Waals surface area contributed by atoms with Crippen molar-refractivity contribution in [1.29, 1.82) is 0 Å². The summed E-state index contributed by atoms with van der Waals surface area (Å²) in [6.45, 7) is 1.63. The van der Waals surface area contributed by atoms with E-state index in [2.05, 4.69) is 4.74 Å². The number of esters is 1. The van der Waals surface area contributed by atoms with Crippen molar-refractivity contribution in [2.24, 2.45) is 0 Å². The van der Waals surface area contributed by atoms with Gasteiger partial charge in [-0.1, -0.05) is 6.07 Å². The van der Waals surface area contributed by atoms with Crippen molar-refractivity contribution >= 4 is 5.97 Å². The van der Waals surface area contributed by atoms with Crippen LogP contribution >= 0.6 is 0 Å². The van der Waals surface area contributed by atoms with E-state index in [1.54, 1.807) is 25.1 Å². The number of carbonyl (C=O) groups excluding carboxylic acids is 1. The minimum atomic E-state index is -1.04. The molecule has 2 aromatic carbocycles. The van der Waals surface area contributed by atoms with Gasteiger partial charge in [-0.25, -0.2) is 4.79 Å². The molecule has 0 saturated heterocycles. The molecule has 0 aliphatic rings. The molecule has 0 heterocycles. The number of rotatable bonds is 8. The van der Waals surface area contributed by atoms with Gasteiger partial charge in [-0.05, 0) is 36.8 Å². The highest BCUT2D eigenvalue weighted by Gasteiger charge is 2.24. The lowest BCUT2D eigenvalue weighted by molar-refractivity contribution is 0.0432. The Morgan fingerprint density at radius 2 is 1.57 bits per heavy atom. The average molecular weight is 392 g/mol. The van der Waals surface area contributed by atoms with Gasteiger partial charge in [0, 0.05) is 0 Å². The van der Waals surface area contributed by atoms with Gasteiger partial charge in [-0.3, -0.25) is 0 Å². The van der Waals surface area contributed by atoms with Crippen LogP contribution < -0.4 is 18.9 Å². The molecule has 0 fully saturated rings. The summed E-state index contributed by atoms with van der Waals surface area (Å²) in [5, 5.41) is 20.9. The minimum absolute atomic E-state index is 0.00202. The molecule has 2 aromatic rings. The van der Waals surface area contributed by atoms with Gasteiger partial charge in [0.2, 0.25) is 5.75 Å². The minimum Gasteiger partial charge on any atom is -0.504 e. The van der Waals surface area contributed by atoms with Crippen molar-refractivity contribution in [1.82, 2.24) is 0 Å². The van der Waals surface area contributed by atoms with Crippen LogP contribution in [0.3, 0.4) is 0 Å². The fraction of sp³-hybridized carbons (Fsp3) is 0.350. The van der Waals surface area contributed by atoms with Gasteiger partial charge in [0.05, 0.1) is 34.0 Å². The van der Waals surface area contributed by atoms with Crippen LogP contribution in [0.25, 0.3) is 0 Å². The van der Waals surface area contributed by atoms with E-state index in [0.717, 1.165) is 0 Å². The largest absolute Gasteiger partial charge is 0.504 e. The Balaban J connectivity index is 2.29. The molecule has 0 bridgehead atoms. The van der Waals surface area contributed by atoms with Crippen LogP contribution in [0, 0.1) is 0 Å². The van der Waals surface area contributed by atoms with E-state index in [0.29, 0.717) is 17.1 Å². The van der Waals surface area contributed by atoms with E-state index in [9.17, 15) is 15.0 Å². The fourth-order valence-corrected chi connectivity index (χ4v) is 2.65. The Bertz CT molecular complexity index is 833. The van der Waals surface area contributed by atoms with Crippen LogP contribution in [0.1, 0.15) is 28.9 Å². The van der Waals surface area contributed by atoms with Gasteiger partial charge in [0.15, 0.2) is 23.0 Å². The number of methoxy groups -OCH3 is 4. The monoisotopic (exact) mass is 392 g/mol. The summed E-state index contributed by atoms with van der Waals surface area (Å²) in [6.07, 6.45) is -1.80. The summed E-state index contributed by atoms with van der Waals surface area (Å²) in [6, 6.07) is 7.59. The number of benzene rings is 2. The van der Waals surface area contributed by atoms with Crippen molar-refractivity contribution < 1.29 is 38.7 Å². The Morgan fingerprint density at radius 3 is 2.14 bits per heavy atom. The molecule has 8 nitrogen and oxygen atoms in total. The zero-order valence-electron chi connectivity index (χ0n) is 16.4. The SMILES string of the molecule is COC(=O)c1cc(O)c(OC(C)C(O)c2ccc(OC)c(OC)c2)c(OC)c1. The van der Waals surface area contributed by atoms with E-state index in [1.807, 2.05) is 0 Å². The van der Waals surface area contributed by atoms with E-state index >= 15 is 0 Å². The number of carbonyl (C=O) groups is 1. The number of aromatic hydroxyl groups is 1. The Kier molecular flexibility index (Phi) is 6.94. The van der Waals surface area contributed by atoms with E-state index in [4.69, 9.17) is 18.9 Å². The van der Waals surface area contributed by atoms with Crippen molar-refractivity contribution in [3.8, 4) is 28.7 Å². The molecule has 152 valence electrons. The first-order valence-corrected chi connectivity index (χ1v) is 8.42. The summed E-state index contributed by atoms with van der Waals surface area (Å²) in [5.41, 5.74) is 0.645. The standard InChI is InChI=1S/C20H24O8/c1-11(18(22)12-6-7-15(24-2)16(9-12)25-3)28-19-14(21)8-13(20(23)27-5)10-17(19)26-4/h6-11,18,21-22H,1-5H3. The van der Waals surface area contributed by atoms with Gasteiger partial charge in [-0.15, -0.1) is 0 Å². The van der Waals surface area contributed by atoms with Crippen molar-refractivity contribution in [2.45, 2.75) is 19.1 Å². The third-order valence-electron chi connectivity index (χ3n) is 4.17. The van der Waals surface area contributed by atoms with Crippen molar-refractivity contribution in [3.05, 3.63) is 41.5 Å². The van der Waals surface area contributed by atoms with Gasteiger partial charge in [0.1, 0.15) is 12.2 Å². The lowest BCUT2D eigenvalue weighted by atomic mass is 10.0. The molecule has 0 radical (unpaired) electrons. The zero-order chi connectivity index (χ0) is 20.8. The number of hydrogen-bond donors (Lipinski definition) is 2. The topological polar surface area (TPSA) is 104 Å². The quantitative estimate of drug-likeness (QED) is 0.661. The molecule has 0 aromatic heterocycles. The molecule has 2 rings (SSSR count). The Morgan fingerprint density at radius 1 is 0.929 bits per heavy atom. The molecule has 0 spiro atoms. The first kappa shape index (κ1) is 21.2. The Labute approximate surface area is 163 Å². The van der Waals surface area contributed by atoms with Crippen molar-refractivity contribution in [2.75, 3.05) is 28.4 Å². The van der Waals surface area contributed by atoms with Crippen LogP contribution in [0.2, 0.25) is 0 Å². The molecule has 0 amide bonds. The molecule has 28 heavy (non-hydrogen) atoms. The molecule has 0 saturated carbocycles. The normalized spacial score (nSPS) is 12.6. The molecule has 2 atom stereocenters. The molecule has 2 N–H and O–H groups in total. The highest BCUT2D eigenvalue weighted by Crippen LogP contribution is 2.40. The molecule has 2 unspecified atom stereocenters. The number of phenols is 1. The highest BCUT2D eigenvalue weighted by molar-refractivity contribution is 5.91. The highest BCUT2D eigenvalue weighted by atomic mass is 16.5. The van der Waals surface area contributed by atoms with Gasteiger partial charge in [-0.2, -0.15) is 0 Å². The van der Waals surface area contributed by atoms with E-state index in [1.165, 1.54) is 40.6 Å². The number of aliphatic hydroxyl groups excluding tert-OH is 1. The molecular formula is C20H24O8. The summed E-state index contributed by atoms with van der Waals surface area (Å²) >= 11 is 0. The zero-order valence-corrected chi connectivity index (χ0v) is 16.4. The average Bonchev–Trinajstić information content (AvgIpc) is 2.72. The summed E-state index contributed by atoms with van der Waals surface area (Å²) in [7, 11) is 5.63. The summed E-state index contributed by atoms with van der Waals surface area (Å²) < 4.78 is 26.0. The van der Waals surface area contributed by atoms with Gasteiger partial charge in [0.25, 0.3) is 0 Å². The number of aliphatic hydroxyl groups is 1. The van der Waals surface area contributed by atoms with Crippen LogP contribution in [-0.4, -0.2) is 50.7 Å². The van der Waals surface area contributed by atoms with Crippen molar-refractivity contribution in [3.63, 3.8) is 0 Å². The lowest BCUT2D eigenvalue weighted by Crippen LogP contribution is -2.22. The van der Waals surface area contributed by atoms with Crippen LogP contribution in [-0.2, 0) is 4.74 Å². The summed E-state index contributed by atoms with van der Waals surface area (Å²) in [4.78, 5) is 11.7. The third-order valence-corrected chi connectivity index (χ3v) is 4.17. The van der Waals surface area contributed by atoms with E-state index in [-0.39, 0.29) is 22.8 Å². The second kappa shape index (κ2) is 9.18. The summed E-state index contributed by atoms with van der Waals surface area (Å²) in [5.74, 6) is 0.192. The second-order valence-electron chi connectivity index (χ2n) is 5.90. The predicted octanol–water partition coefficient (Wildman–Crippen LogP) is 2.71. The van der Waals surface area contributed by atoms with Crippen LogP contribution in [0.5, 0.6) is 28.7 Å². The van der Waals surface area contributed by atoms with Gasteiger partial charge < -0.3 is 33.9 Å². The number of ether oxygens (including phenoxy) is 5. The maximum Gasteiger partial charge on any atom is 0.338 e. The first-order valence-electron chi connectivity index (χ1n) is 8.42. The molecule has 8 heteroatoms. The fourth-order valence-electron chi connectivity index (χ4n) is 2.65. The maximum atomic E-state index is 11.7. The maximum absolute atomic E-state index is 11.7. The van der Waals surface area contributed by atoms with E-state index < -0.39 is 18.2 Å². The first-order chi connectivity index (χ1) is 13.4. The molecule has 0 aliphatic heterocycles. The Hall–Kier alpha value is -3.13. The van der Waals surface area contributed by atoms with Crippen LogP contribution in [0.4, 0.5) is 0 Å². The smallest absolute Gasteiger partial charge is 0.338 e. The molecular weight excluding hydrogens is 368 g/mol. The lowest BCUT2D eigenvalue weighted by Gasteiger charge is -2.23. The third kappa shape index (κ3) is 4.40. The molecule has 0 aliphatic carbocycles. The second-order valence-corrected chi connectivity index (χ2v) is 5.90. The van der Waals surface area contributed by atoms with Gasteiger partial charge >= 0.3 is 5.97 Å². The van der Waals surface area contributed by atoms with Crippen LogP contribution in [0.15, 0.2) is 30.3 Å². The predicted molar refractivity (Wildman–Crippen MR) is 101 cm³/mol. The number of hydrogen-bond acceptors (Lipinski definition) is 8.